The van der Waals surface area contributed by atoms with Gasteiger partial charge in [0.05, 0.1) is 16.6 Å². The van der Waals surface area contributed by atoms with Gasteiger partial charge in [0, 0.05) is 19.5 Å². The lowest BCUT2D eigenvalue weighted by Gasteiger charge is -2.30. The van der Waals surface area contributed by atoms with Crippen LogP contribution in [0.4, 0.5) is 0 Å². The fourth-order valence-corrected chi connectivity index (χ4v) is 3.50. The number of hydrogen-bond donors (Lipinski definition) is 1. The molecule has 0 heterocycles. The molecule has 1 atom stereocenters. The van der Waals surface area contributed by atoms with Crippen molar-refractivity contribution in [1.82, 2.24) is 10.2 Å². The Bertz CT molecular complexity index is 977. The van der Waals surface area contributed by atoms with Gasteiger partial charge in [-0.15, -0.1) is 0 Å². The molecule has 3 aromatic carbocycles. The third-order valence-electron chi connectivity index (χ3n) is 5.03. The van der Waals surface area contributed by atoms with Crippen molar-refractivity contribution in [2.75, 3.05) is 6.54 Å². The number of halogens is 1. The van der Waals surface area contributed by atoms with E-state index in [4.69, 9.17) is 11.6 Å². The molecule has 0 aliphatic rings. The number of rotatable bonds is 8. The molecule has 2 amide bonds. The topological polar surface area (TPSA) is 49.4 Å². The minimum Gasteiger partial charge on any atom is -0.352 e. The van der Waals surface area contributed by atoms with Gasteiger partial charge >= 0.3 is 0 Å². The van der Waals surface area contributed by atoms with Crippen LogP contribution in [0.1, 0.15) is 40.9 Å². The number of nitrogens with zero attached hydrogens (tertiary/aromatic N) is 1. The van der Waals surface area contributed by atoms with Gasteiger partial charge in [0.25, 0.3) is 5.91 Å². The highest BCUT2D eigenvalue weighted by molar-refractivity contribution is 6.33. The molecule has 0 aliphatic carbocycles. The van der Waals surface area contributed by atoms with Crippen molar-refractivity contribution in [2.24, 2.45) is 0 Å². The number of nitrogens with one attached hydrogen (secondary N) is 1. The van der Waals surface area contributed by atoms with E-state index in [1.54, 1.807) is 29.2 Å². The van der Waals surface area contributed by atoms with Gasteiger partial charge in [0.1, 0.15) is 0 Å². The number of benzene rings is 3. The van der Waals surface area contributed by atoms with Crippen molar-refractivity contribution in [1.29, 1.82) is 0 Å². The Morgan fingerprint density at radius 1 is 0.900 bits per heavy atom. The summed E-state index contributed by atoms with van der Waals surface area (Å²) in [5.41, 5.74) is 2.47. The van der Waals surface area contributed by atoms with E-state index in [0.29, 0.717) is 23.7 Å². The van der Waals surface area contributed by atoms with Crippen LogP contribution < -0.4 is 5.32 Å². The van der Waals surface area contributed by atoms with E-state index < -0.39 is 0 Å². The average Bonchev–Trinajstić information content (AvgIpc) is 2.79. The molecule has 3 aromatic rings. The Kier molecular flexibility index (Phi) is 7.63. The second-order valence-electron chi connectivity index (χ2n) is 7.08. The van der Waals surface area contributed by atoms with Crippen LogP contribution in [0.15, 0.2) is 84.9 Å². The third kappa shape index (κ3) is 5.71. The van der Waals surface area contributed by atoms with Gasteiger partial charge in [0.15, 0.2) is 0 Å². The highest BCUT2D eigenvalue weighted by Gasteiger charge is 2.24. The fourth-order valence-electron chi connectivity index (χ4n) is 3.28. The predicted octanol–water partition coefficient (Wildman–Crippen LogP) is 5.25. The lowest BCUT2D eigenvalue weighted by Crippen LogP contribution is -2.37. The van der Waals surface area contributed by atoms with Crippen LogP contribution in [0.2, 0.25) is 5.02 Å². The molecule has 1 unspecified atom stereocenters. The summed E-state index contributed by atoms with van der Waals surface area (Å²) in [4.78, 5) is 27.4. The van der Waals surface area contributed by atoms with Crippen molar-refractivity contribution < 1.29 is 9.59 Å². The summed E-state index contributed by atoms with van der Waals surface area (Å²) >= 11 is 6.27. The maximum absolute atomic E-state index is 13.3. The van der Waals surface area contributed by atoms with Crippen molar-refractivity contribution >= 4 is 23.4 Å². The Hall–Kier alpha value is -3.11. The highest BCUT2D eigenvalue weighted by Crippen LogP contribution is 2.25. The molecule has 0 aromatic heterocycles. The van der Waals surface area contributed by atoms with Crippen LogP contribution in [-0.2, 0) is 11.3 Å². The Morgan fingerprint density at radius 3 is 2.17 bits per heavy atom. The maximum atomic E-state index is 13.3. The Balaban J connectivity index is 1.71. The van der Waals surface area contributed by atoms with Crippen LogP contribution >= 0.6 is 11.6 Å². The normalized spacial score (nSPS) is 11.5. The molecule has 0 fully saturated rings. The molecule has 3 rings (SSSR count). The zero-order valence-corrected chi connectivity index (χ0v) is 17.7. The van der Waals surface area contributed by atoms with Gasteiger partial charge in [-0.2, -0.15) is 0 Å². The van der Waals surface area contributed by atoms with E-state index in [-0.39, 0.29) is 24.3 Å². The third-order valence-corrected chi connectivity index (χ3v) is 5.36. The van der Waals surface area contributed by atoms with E-state index in [1.165, 1.54) is 0 Å². The first kappa shape index (κ1) is 21.6. The van der Waals surface area contributed by atoms with Gasteiger partial charge in [-0.05, 0) is 30.2 Å². The van der Waals surface area contributed by atoms with Gasteiger partial charge < -0.3 is 10.2 Å². The number of carbonyl (C=O) groups excluding carboxylic acids is 2. The van der Waals surface area contributed by atoms with E-state index in [1.807, 2.05) is 67.6 Å². The van der Waals surface area contributed by atoms with Crippen molar-refractivity contribution in [3.8, 4) is 0 Å². The van der Waals surface area contributed by atoms with Crippen LogP contribution in [-0.4, -0.2) is 23.3 Å². The summed E-state index contributed by atoms with van der Waals surface area (Å²) in [7, 11) is 0. The first-order chi connectivity index (χ1) is 14.6. The van der Waals surface area contributed by atoms with Gasteiger partial charge in [-0.3, -0.25) is 9.59 Å². The van der Waals surface area contributed by atoms with Crippen molar-refractivity contribution in [3.63, 3.8) is 0 Å². The first-order valence-corrected chi connectivity index (χ1v) is 10.3. The highest BCUT2D eigenvalue weighted by atomic mass is 35.5. The molecular weight excluding hydrogens is 396 g/mol. The molecule has 0 radical (unpaired) electrons. The SMILES string of the molecule is CC(c1ccccc1)N(CCC(=O)NCc1ccccc1)C(=O)c1ccccc1Cl. The molecule has 0 saturated carbocycles. The van der Waals surface area contributed by atoms with Gasteiger partial charge in [-0.1, -0.05) is 84.4 Å². The molecule has 0 aliphatic heterocycles. The molecule has 30 heavy (non-hydrogen) atoms. The monoisotopic (exact) mass is 420 g/mol. The standard InChI is InChI=1S/C25H25ClN2O2/c1-19(21-12-6-3-7-13-21)28(25(30)22-14-8-9-15-23(22)26)17-16-24(29)27-18-20-10-4-2-5-11-20/h2-15,19H,16-18H2,1H3,(H,27,29). The first-order valence-electron chi connectivity index (χ1n) is 9.97. The second-order valence-corrected chi connectivity index (χ2v) is 7.48. The summed E-state index contributed by atoms with van der Waals surface area (Å²) in [6.07, 6.45) is 0.209. The summed E-state index contributed by atoms with van der Waals surface area (Å²) in [5.74, 6) is -0.288. The number of amides is 2. The van der Waals surface area contributed by atoms with Crippen LogP contribution in [0.3, 0.4) is 0 Å². The van der Waals surface area contributed by atoms with Crippen LogP contribution in [0, 0.1) is 0 Å². The quantitative estimate of drug-likeness (QED) is 0.541. The lowest BCUT2D eigenvalue weighted by atomic mass is 10.0. The summed E-state index contributed by atoms with van der Waals surface area (Å²) in [6, 6.07) is 26.3. The zero-order valence-electron chi connectivity index (χ0n) is 16.9. The molecule has 154 valence electrons. The molecule has 0 spiro atoms. The number of carbonyl (C=O) groups is 2. The molecular formula is C25H25ClN2O2. The largest absolute Gasteiger partial charge is 0.352 e. The van der Waals surface area contributed by atoms with E-state index in [0.717, 1.165) is 11.1 Å². The Labute approximate surface area is 182 Å². The molecule has 0 saturated heterocycles. The summed E-state index contributed by atoms with van der Waals surface area (Å²) < 4.78 is 0. The van der Waals surface area contributed by atoms with Crippen LogP contribution in [0.5, 0.6) is 0 Å². The van der Waals surface area contributed by atoms with Crippen molar-refractivity contribution in [2.45, 2.75) is 25.9 Å². The predicted molar refractivity (Wildman–Crippen MR) is 120 cm³/mol. The van der Waals surface area contributed by atoms with Gasteiger partial charge in [-0.25, -0.2) is 0 Å². The van der Waals surface area contributed by atoms with E-state index in [2.05, 4.69) is 5.32 Å². The second kappa shape index (κ2) is 10.6. The van der Waals surface area contributed by atoms with E-state index in [9.17, 15) is 9.59 Å². The zero-order chi connectivity index (χ0) is 21.3. The molecule has 5 heteroatoms. The number of hydrogen-bond acceptors (Lipinski definition) is 2. The minimum atomic E-state index is -0.197. The summed E-state index contributed by atoms with van der Waals surface area (Å²) in [5, 5.41) is 3.32. The maximum Gasteiger partial charge on any atom is 0.255 e. The van der Waals surface area contributed by atoms with Crippen molar-refractivity contribution in [3.05, 3.63) is 107 Å². The molecule has 1 N–H and O–H groups in total. The van der Waals surface area contributed by atoms with Crippen LogP contribution in [0.25, 0.3) is 0 Å². The van der Waals surface area contributed by atoms with E-state index >= 15 is 0 Å². The molecule has 4 nitrogen and oxygen atoms in total. The average molecular weight is 421 g/mol. The lowest BCUT2D eigenvalue weighted by molar-refractivity contribution is -0.121. The minimum absolute atomic E-state index is 0.101. The molecule has 0 bridgehead atoms. The Morgan fingerprint density at radius 2 is 1.50 bits per heavy atom. The smallest absolute Gasteiger partial charge is 0.255 e. The summed E-state index contributed by atoms with van der Waals surface area (Å²) in [6.45, 7) is 2.72. The van der Waals surface area contributed by atoms with Gasteiger partial charge in [0.2, 0.25) is 5.91 Å². The fraction of sp³-hybridized carbons (Fsp3) is 0.200.